The zero-order valence-corrected chi connectivity index (χ0v) is 20.2. The van der Waals surface area contributed by atoms with E-state index in [1.807, 2.05) is 29.6 Å². The van der Waals surface area contributed by atoms with Crippen LogP contribution in [-0.2, 0) is 29.8 Å². The predicted octanol–water partition coefficient (Wildman–Crippen LogP) is 5.17. The van der Waals surface area contributed by atoms with Crippen LogP contribution in [0.25, 0.3) is 10.4 Å². The van der Waals surface area contributed by atoms with Gasteiger partial charge in [0.25, 0.3) is 5.91 Å². The van der Waals surface area contributed by atoms with E-state index in [1.54, 1.807) is 41.7 Å². The summed E-state index contributed by atoms with van der Waals surface area (Å²) in [6.07, 6.45) is 0. The van der Waals surface area contributed by atoms with Gasteiger partial charge in [-0.25, -0.2) is 0 Å². The Morgan fingerprint density at radius 1 is 1.12 bits per heavy atom. The fraction of sp³-hybridized carbons (Fsp3) is 0.217. The molecule has 3 aromatic rings. The Morgan fingerprint density at radius 2 is 1.85 bits per heavy atom. The van der Waals surface area contributed by atoms with E-state index in [-0.39, 0.29) is 12.5 Å². The second-order valence-corrected chi connectivity index (χ2v) is 10.6. The molecule has 2 atom stereocenters. The zero-order valence-electron chi connectivity index (χ0n) is 18.4. The Bertz CT molecular complexity index is 1160. The number of amides is 1. The van der Waals surface area contributed by atoms with Crippen molar-refractivity contribution >= 4 is 42.2 Å². The number of nitrogens with one attached hydrogen (secondary N) is 1. The minimum absolute atomic E-state index is 0.0653. The van der Waals surface area contributed by atoms with Gasteiger partial charge in [-0.3, -0.25) is 14.2 Å². The molecule has 0 bridgehead atoms. The van der Waals surface area contributed by atoms with E-state index in [2.05, 4.69) is 10.1 Å². The average Bonchev–Trinajstić information content (AvgIpc) is 3.38. The topological polar surface area (TPSA) is 117 Å². The van der Waals surface area contributed by atoms with E-state index >= 15 is 0 Å². The van der Waals surface area contributed by atoms with Crippen LogP contribution in [0.2, 0.25) is 0 Å². The number of nitrogens with two attached hydrogens (primary N) is 1. The van der Waals surface area contributed by atoms with Gasteiger partial charge in [0.1, 0.15) is 0 Å². The van der Waals surface area contributed by atoms with Gasteiger partial charge in [0.2, 0.25) is 0 Å². The average molecular weight is 489 g/mol. The monoisotopic (exact) mass is 488 g/mol. The van der Waals surface area contributed by atoms with E-state index in [4.69, 9.17) is 14.8 Å². The van der Waals surface area contributed by atoms with Crippen molar-refractivity contribution in [3.8, 4) is 10.4 Å². The van der Waals surface area contributed by atoms with Crippen molar-refractivity contribution in [3.63, 3.8) is 0 Å². The number of rotatable bonds is 9. The molecule has 0 saturated carbocycles. The summed E-state index contributed by atoms with van der Waals surface area (Å²) >= 11 is 1.60. The molecule has 33 heavy (non-hydrogen) atoms. The molecule has 0 radical (unpaired) electrons. The Morgan fingerprint density at radius 3 is 2.45 bits per heavy atom. The lowest BCUT2D eigenvalue weighted by molar-refractivity contribution is -0.140. The molecule has 0 aliphatic heterocycles. The van der Waals surface area contributed by atoms with E-state index in [1.165, 1.54) is 21.1 Å². The summed E-state index contributed by atoms with van der Waals surface area (Å²) < 4.78 is 27.8. The van der Waals surface area contributed by atoms with Gasteiger partial charge >= 0.3 is 13.6 Å². The fourth-order valence-electron chi connectivity index (χ4n) is 2.99. The third kappa shape index (κ3) is 5.89. The highest BCUT2D eigenvalue weighted by atomic mass is 32.1. The summed E-state index contributed by atoms with van der Waals surface area (Å²) in [4.78, 5) is 25.5. The molecule has 10 heteroatoms. The molecule has 1 aromatic heterocycles. The van der Waals surface area contributed by atoms with Gasteiger partial charge in [-0.05, 0) is 53.8 Å². The molecule has 0 saturated heterocycles. The number of carbonyl (C=O) groups is 2. The van der Waals surface area contributed by atoms with Crippen molar-refractivity contribution in [2.24, 2.45) is 0 Å². The number of esters is 1. The van der Waals surface area contributed by atoms with E-state index in [9.17, 15) is 14.2 Å². The van der Waals surface area contributed by atoms with Crippen LogP contribution < -0.4 is 11.1 Å². The zero-order chi connectivity index (χ0) is 24.0. The van der Waals surface area contributed by atoms with E-state index < -0.39 is 19.2 Å². The fourth-order valence-corrected chi connectivity index (χ4v) is 5.06. The van der Waals surface area contributed by atoms with Gasteiger partial charge in [0.15, 0.2) is 5.66 Å². The maximum atomic E-state index is 12.8. The van der Waals surface area contributed by atoms with Crippen molar-refractivity contribution in [1.29, 1.82) is 0 Å². The highest BCUT2D eigenvalue weighted by molar-refractivity contribution is 7.55. The molecule has 3 N–H and O–H groups in total. The number of nitrogen functional groups attached to an aromatic ring is 1. The number of hydrogen-bond donors (Lipinski definition) is 2. The number of benzene rings is 2. The molecule has 0 spiro atoms. The number of carbonyl (C=O) groups excluding carboxylic acids is 2. The SMILES string of the molecule is COC(=O)C(C)P(=O)(OC)OCc1ccc(C(=O)Nc2cc(-c3cccs3)ccc2N)cc1. The third-order valence-corrected chi connectivity index (χ3v) is 8.08. The van der Waals surface area contributed by atoms with E-state index in [0.29, 0.717) is 22.5 Å². The van der Waals surface area contributed by atoms with Gasteiger partial charge in [0, 0.05) is 17.6 Å². The predicted molar refractivity (Wildman–Crippen MR) is 129 cm³/mol. The third-order valence-electron chi connectivity index (χ3n) is 5.01. The molecule has 1 heterocycles. The number of ether oxygens (including phenoxy) is 1. The lowest BCUT2D eigenvalue weighted by atomic mass is 10.1. The first kappa shape index (κ1) is 24.7. The molecule has 0 fully saturated rings. The van der Waals surface area contributed by atoms with Crippen molar-refractivity contribution < 1.29 is 27.9 Å². The van der Waals surface area contributed by atoms with Crippen molar-refractivity contribution in [1.82, 2.24) is 0 Å². The van der Waals surface area contributed by atoms with Crippen LogP contribution in [0.4, 0.5) is 11.4 Å². The molecular weight excluding hydrogens is 463 g/mol. The quantitative estimate of drug-likeness (QED) is 0.242. The van der Waals surface area contributed by atoms with Gasteiger partial charge in [-0.15, -0.1) is 11.3 Å². The number of thiophene rings is 1. The molecule has 1 amide bonds. The van der Waals surface area contributed by atoms with Gasteiger partial charge in [-0.2, -0.15) is 0 Å². The number of methoxy groups -OCH3 is 1. The first-order valence-electron chi connectivity index (χ1n) is 9.99. The van der Waals surface area contributed by atoms with Crippen molar-refractivity contribution in [3.05, 3.63) is 71.1 Å². The first-order chi connectivity index (χ1) is 15.8. The largest absolute Gasteiger partial charge is 0.468 e. The van der Waals surface area contributed by atoms with Crippen LogP contribution in [-0.4, -0.2) is 31.8 Å². The van der Waals surface area contributed by atoms with Gasteiger partial charge in [-0.1, -0.05) is 24.3 Å². The number of anilines is 2. The lowest BCUT2D eigenvalue weighted by Crippen LogP contribution is -2.21. The lowest BCUT2D eigenvalue weighted by Gasteiger charge is -2.20. The van der Waals surface area contributed by atoms with Crippen molar-refractivity contribution in [2.45, 2.75) is 19.2 Å². The van der Waals surface area contributed by atoms with Gasteiger partial charge in [0.05, 0.1) is 25.1 Å². The Balaban J connectivity index is 1.67. The summed E-state index contributed by atoms with van der Waals surface area (Å²) in [5.41, 5.74) is 8.00. The first-order valence-corrected chi connectivity index (χ1v) is 12.5. The van der Waals surface area contributed by atoms with Crippen LogP contribution in [0, 0.1) is 0 Å². The Kier molecular flexibility index (Phi) is 8.05. The van der Waals surface area contributed by atoms with E-state index in [0.717, 1.165) is 10.4 Å². The molecule has 8 nitrogen and oxygen atoms in total. The summed E-state index contributed by atoms with van der Waals surface area (Å²) in [5.74, 6) is -1.01. The normalized spacial score (nSPS) is 13.7. The van der Waals surface area contributed by atoms with Gasteiger partial charge < -0.3 is 24.8 Å². The highest BCUT2D eigenvalue weighted by Crippen LogP contribution is 2.53. The van der Waals surface area contributed by atoms with Crippen LogP contribution in [0.5, 0.6) is 0 Å². The molecular formula is C23H25N2O6PS. The van der Waals surface area contributed by atoms with Crippen LogP contribution in [0.3, 0.4) is 0 Å². The molecule has 174 valence electrons. The second kappa shape index (κ2) is 10.8. The summed E-state index contributed by atoms with van der Waals surface area (Å²) in [5, 5.41) is 4.82. The van der Waals surface area contributed by atoms with Crippen LogP contribution >= 0.6 is 18.9 Å². The molecule has 3 rings (SSSR count). The summed E-state index contributed by atoms with van der Waals surface area (Å²) in [6.45, 7) is 1.35. The summed E-state index contributed by atoms with van der Waals surface area (Å²) in [7, 11) is -1.29. The number of hydrogen-bond acceptors (Lipinski definition) is 8. The summed E-state index contributed by atoms with van der Waals surface area (Å²) in [6, 6.07) is 16.0. The standard InChI is InChI=1S/C23H25N2O6PS/c1-15(23(27)29-2)32(28,30-3)31-14-16-6-8-17(9-7-16)22(26)25-20-13-18(10-11-19(20)24)21-5-4-12-33-21/h4-13,15H,14,24H2,1-3H3,(H,25,26). The minimum atomic E-state index is -3.70. The second-order valence-electron chi connectivity index (χ2n) is 7.13. The maximum Gasteiger partial charge on any atom is 0.344 e. The van der Waals surface area contributed by atoms with Crippen molar-refractivity contribution in [2.75, 3.05) is 25.3 Å². The highest BCUT2D eigenvalue weighted by Gasteiger charge is 2.37. The van der Waals surface area contributed by atoms with Crippen LogP contribution in [0.1, 0.15) is 22.8 Å². The van der Waals surface area contributed by atoms with Crippen LogP contribution in [0.15, 0.2) is 60.0 Å². The molecule has 0 aliphatic rings. The molecule has 2 aromatic carbocycles. The molecule has 2 unspecified atom stereocenters. The Hall–Kier alpha value is -2.97. The Labute approximate surface area is 196 Å². The smallest absolute Gasteiger partial charge is 0.344 e. The minimum Gasteiger partial charge on any atom is -0.468 e. The molecule has 0 aliphatic carbocycles. The maximum absolute atomic E-state index is 12.8.